The molecule has 0 saturated heterocycles. The zero-order chi connectivity index (χ0) is 7.72. The van der Waals surface area contributed by atoms with Gasteiger partial charge in [-0.05, 0) is 21.8 Å². The SMILES string of the molecule is CC(C)c1[nH]c(N)nc1Br. The fourth-order valence-corrected chi connectivity index (χ4v) is 1.51. The number of nitrogens with one attached hydrogen (secondary N) is 1. The molecule has 56 valence electrons. The summed E-state index contributed by atoms with van der Waals surface area (Å²) < 4.78 is 0.819. The number of aromatic nitrogens is 2. The lowest BCUT2D eigenvalue weighted by Crippen LogP contribution is -1.89. The van der Waals surface area contributed by atoms with Gasteiger partial charge in [0.2, 0.25) is 0 Å². The molecule has 0 aliphatic carbocycles. The Morgan fingerprint density at radius 2 is 2.20 bits per heavy atom. The number of hydrogen-bond acceptors (Lipinski definition) is 2. The minimum absolute atomic E-state index is 0.430. The summed E-state index contributed by atoms with van der Waals surface area (Å²) in [5, 5.41) is 0. The van der Waals surface area contributed by atoms with Crippen molar-refractivity contribution >= 4 is 21.9 Å². The molecule has 0 saturated carbocycles. The number of imidazole rings is 1. The summed E-state index contributed by atoms with van der Waals surface area (Å²) in [6.07, 6.45) is 0. The highest BCUT2D eigenvalue weighted by Crippen LogP contribution is 2.22. The van der Waals surface area contributed by atoms with Crippen molar-refractivity contribution < 1.29 is 0 Å². The molecule has 0 bridgehead atoms. The van der Waals surface area contributed by atoms with E-state index in [9.17, 15) is 0 Å². The quantitative estimate of drug-likeness (QED) is 0.733. The molecule has 3 N–H and O–H groups in total. The molecule has 1 rings (SSSR count). The van der Waals surface area contributed by atoms with Gasteiger partial charge in [0.15, 0.2) is 5.95 Å². The number of anilines is 1. The van der Waals surface area contributed by atoms with E-state index in [1.54, 1.807) is 0 Å². The van der Waals surface area contributed by atoms with E-state index >= 15 is 0 Å². The molecule has 1 heterocycles. The van der Waals surface area contributed by atoms with E-state index in [0.29, 0.717) is 11.9 Å². The van der Waals surface area contributed by atoms with Crippen LogP contribution in [0.1, 0.15) is 25.5 Å². The average Bonchev–Trinajstić information content (AvgIpc) is 2.10. The lowest BCUT2D eigenvalue weighted by Gasteiger charge is -1.98. The fraction of sp³-hybridized carbons (Fsp3) is 0.500. The minimum Gasteiger partial charge on any atom is -0.369 e. The molecule has 4 heteroatoms. The first-order valence-corrected chi connectivity index (χ1v) is 3.91. The molecule has 0 aromatic carbocycles. The highest BCUT2D eigenvalue weighted by Gasteiger charge is 2.07. The monoisotopic (exact) mass is 203 g/mol. The summed E-state index contributed by atoms with van der Waals surface area (Å²) in [6.45, 7) is 4.16. The Morgan fingerprint density at radius 1 is 1.60 bits per heavy atom. The zero-order valence-corrected chi connectivity index (χ0v) is 7.57. The fourth-order valence-electron chi connectivity index (χ4n) is 0.766. The number of nitrogens with zero attached hydrogens (tertiary/aromatic N) is 1. The van der Waals surface area contributed by atoms with Gasteiger partial charge in [0.25, 0.3) is 0 Å². The van der Waals surface area contributed by atoms with Gasteiger partial charge in [-0.3, -0.25) is 0 Å². The molecule has 1 aromatic heterocycles. The number of rotatable bonds is 1. The van der Waals surface area contributed by atoms with E-state index < -0.39 is 0 Å². The second-order valence-electron chi connectivity index (χ2n) is 2.48. The molecule has 1 aromatic rings. The molecule has 10 heavy (non-hydrogen) atoms. The number of aromatic amines is 1. The maximum Gasteiger partial charge on any atom is 0.198 e. The number of nitrogens with two attached hydrogens (primary N) is 1. The van der Waals surface area contributed by atoms with Crippen LogP contribution in [0.5, 0.6) is 0 Å². The highest BCUT2D eigenvalue weighted by molar-refractivity contribution is 9.10. The zero-order valence-electron chi connectivity index (χ0n) is 5.98. The third kappa shape index (κ3) is 1.31. The summed E-state index contributed by atoms with van der Waals surface area (Å²) in [6, 6.07) is 0. The predicted molar refractivity (Wildman–Crippen MR) is 44.8 cm³/mol. The van der Waals surface area contributed by atoms with Crippen LogP contribution >= 0.6 is 15.9 Å². The van der Waals surface area contributed by atoms with Crippen molar-refractivity contribution in [3.8, 4) is 0 Å². The standard InChI is InChI=1S/C6H10BrN3/c1-3(2)4-5(7)10-6(8)9-4/h3H,1-2H3,(H3,8,9,10). The topological polar surface area (TPSA) is 54.7 Å². The van der Waals surface area contributed by atoms with E-state index in [2.05, 4.69) is 39.7 Å². The van der Waals surface area contributed by atoms with Crippen LogP contribution in [-0.2, 0) is 0 Å². The Balaban J connectivity index is 3.03. The summed E-state index contributed by atoms with van der Waals surface area (Å²) in [4.78, 5) is 6.93. The second-order valence-corrected chi connectivity index (χ2v) is 3.23. The summed E-state index contributed by atoms with van der Waals surface area (Å²) in [7, 11) is 0. The Bertz CT molecular complexity index is 229. The van der Waals surface area contributed by atoms with E-state index in [1.165, 1.54) is 0 Å². The molecule has 0 atom stereocenters. The molecule has 0 fully saturated rings. The summed E-state index contributed by atoms with van der Waals surface area (Å²) in [5.41, 5.74) is 6.47. The van der Waals surface area contributed by atoms with Crippen molar-refractivity contribution in [3.63, 3.8) is 0 Å². The third-order valence-electron chi connectivity index (χ3n) is 1.28. The van der Waals surface area contributed by atoms with Gasteiger partial charge in [0.05, 0.1) is 5.69 Å². The number of hydrogen-bond donors (Lipinski definition) is 2. The van der Waals surface area contributed by atoms with Gasteiger partial charge in [-0.15, -0.1) is 0 Å². The van der Waals surface area contributed by atoms with Gasteiger partial charge in [-0.1, -0.05) is 13.8 Å². The molecule has 0 aliphatic heterocycles. The van der Waals surface area contributed by atoms with Crippen LogP contribution in [0.4, 0.5) is 5.95 Å². The second kappa shape index (κ2) is 2.62. The van der Waals surface area contributed by atoms with Gasteiger partial charge >= 0.3 is 0 Å². The van der Waals surface area contributed by atoms with Crippen LogP contribution in [0, 0.1) is 0 Å². The Labute approximate surface area is 68.2 Å². The maximum atomic E-state index is 5.42. The van der Waals surface area contributed by atoms with Gasteiger partial charge in [-0.2, -0.15) is 0 Å². The van der Waals surface area contributed by atoms with Crippen molar-refractivity contribution in [3.05, 3.63) is 10.3 Å². The molecular weight excluding hydrogens is 194 g/mol. The molecular formula is C6H10BrN3. The minimum atomic E-state index is 0.430. The first-order valence-electron chi connectivity index (χ1n) is 3.12. The first-order chi connectivity index (χ1) is 4.61. The van der Waals surface area contributed by atoms with Crippen LogP contribution in [0.2, 0.25) is 0 Å². The van der Waals surface area contributed by atoms with E-state index in [0.717, 1.165) is 10.3 Å². The van der Waals surface area contributed by atoms with E-state index in [4.69, 9.17) is 5.73 Å². The largest absolute Gasteiger partial charge is 0.369 e. The van der Waals surface area contributed by atoms with Crippen LogP contribution < -0.4 is 5.73 Å². The van der Waals surface area contributed by atoms with Crippen LogP contribution in [-0.4, -0.2) is 9.97 Å². The average molecular weight is 204 g/mol. The van der Waals surface area contributed by atoms with Crippen LogP contribution in [0.25, 0.3) is 0 Å². The smallest absolute Gasteiger partial charge is 0.198 e. The van der Waals surface area contributed by atoms with Crippen molar-refractivity contribution in [2.45, 2.75) is 19.8 Å². The Morgan fingerprint density at radius 3 is 2.40 bits per heavy atom. The van der Waals surface area contributed by atoms with E-state index in [1.807, 2.05) is 0 Å². The molecule has 0 unspecified atom stereocenters. The lowest BCUT2D eigenvalue weighted by atomic mass is 10.2. The Kier molecular flexibility index (Phi) is 1.99. The molecule has 0 amide bonds. The van der Waals surface area contributed by atoms with Crippen molar-refractivity contribution in [1.82, 2.24) is 9.97 Å². The lowest BCUT2D eigenvalue weighted by molar-refractivity contribution is 0.827. The van der Waals surface area contributed by atoms with E-state index in [-0.39, 0.29) is 0 Å². The van der Waals surface area contributed by atoms with Crippen molar-refractivity contribution in [2.24, 2.45) is 0 Å². The molecule has 3 nitrogen and oxygen atoms in total. The highest BCUT2D eigenvalue weighted by atomic mass is 79.9. The maximum absolute atomic E-state index is 5.42. The van der Waals surface area contributed by atoms with Gasteiger partial charge in [0, 0.05) is 0 Å². The summed E-state index contributed by atoms with van der Waals surface area (Å²) in [5.74, 6) is 0.898. The van der Waals surface area contributed by atoms with Crippen LogP contribution in [0.3, 0.4) is 0 Å². The number of halogens is 1. The van der Waals surface area contributed by atoms with Gasteiger partial charge in [-0.25, -0.2) is 4.98 Å². The van der Waals surface area contributed by atoms with Gasteiger partial charge in [0.1, 0.15) is 4.60 Å². The molecule has 0 radical (unpaired) electrons. The normalized spacial score (nSPS) is 10.8. The third-order valence-corrected chi connectivity index (χ3v) is 1.89. The summed E-state index contributed by atoms with van der Waals surface area (Å²) >= 11 is 3.30. The van der Waals surface area contributed by atoms with Crippen molar-refractivity contribution in [2.75, 3.05) is 5.73 Å². The van der Waals surface area contributed by atoms with Gasteiger partial charge < -0.3 is 10.7 Å². The molecule has 0 aliphatic rings. The number of H-pyrrole nitrogens is 1. The molecule has 0 spiro atoms. The predicted octanol–water partition coefficient (Wildman–Crippen LogP) is 1.88. The number of nitrogen functional groups attached to an aromatic ring is 1. The first kappa shape index (κ1) is 7.60. The Hall–Kier alpha value is -0.510. The van der Waals surface area contributed by atoms with Crippen LogP contribution in [0.15, 0.2) is 4.60 Å². The van der Waals surface area contributed by atoms with Crippen molar-refractivity contribution in [1.29, 1.82) is 0 Å².